The predicted octanol–water partition coefficient (Wildman–Crippen LogP) is 2.05. The minimum atomic E-state index is -0.956. The van der Waals surface area contributed by atoms with E-state index in [0.717, 1.165) is 17.5 Å². The van der Waals surface area contributed by atoms with Crippen LogP contribution in [0.2, 0.25) is 0 Å². The van der Waals surface area contributed by atoms with Gasteiger partial charge >= 0.3 is 12.0 Å². The van der Waals surface area contributed by atoms with Crippen molar-refractivity contribution in [1.29, 1.82) is 0 Å². The molecule has 24 heavy (non-hydrogen) atoms. The number of carboxylic acids is 1. The van der Waals surface area contributed by atoms with Crippen LogP contribution in [-0.2, 0) is 6.54 Å². The molecule has 0 aliphatic carbocycles. The lowest BCUT2D eigenvalue weighted by Crippen LogP contribution is -2.38. The molecule has 3 rings (SSSR count). The van der Waals surface area contributed by atoms with Crippen molar-refractivity contribution in [3.63, 3.8) is 0 Å². The highest BCUT2D eigenvalue weighted by Gasteiger charge is 2.27. The van der Waals surface area contributed by atoms with Gasteiger partial charge in [0.25, 0.3) is 0 Å². The first kappa shape index (κ1) is 16.0. The molecule has 0 saturated carbocycles. The zero-order valence-corrected chi connectivity index (χ0v) is 13.5. The highest BCUT2D eigenvalue weighted by molar-refractivity contribution is 5.87. The van der Waals surface area contributed by atoms with Gasteiger partial charge in [0.1, 0.15) is 0 Å². The lowest BCUT2D eigenvalue weighted by atomic mass is 10.1. The van der Waals surface area contributed by atoms with Crippen LogP contribution in [0.5, 0.6) is 0 Å². The number of rotatable bonds is 4. The van der Waals surface area contributed by atoms with Crippen molar-refractivity contribution in [1.82, 2.24) is 20.0 Å². The lowest BCUT2D eigenvalue weighted by molar-refractivity contribution is 0.0697. The maximum Gasteiger partial charge on any atom is 0.335 e. The number of aromatic carboxylic acids is 1. The maximum absolute atomic E-state index is 12.3. The second-order valence-corrected chi connectivity index (χ2v) is 6.05. The Hall–Kier alpha value is -2.83. The number of carbonyl (C=O) groups excluding carboxylic acids is 1. The second kappa shape index (κ2) is 6.74. The molecule has 0 radical (unpaired) electrons. The van der Waals surface area contributed by atoms with Gasteiger partial charge in [0.05, 0.1) is 17.8 Å². The van der Waals surface area contributed by atoms with Gasteiger partial charge in [0.2, 0.25) is 0 Å². The van der Waals surface area contributed by atoms with Crippen molar-refractivity contribution < 1.29 is 14.7 Å². The molecule has 2 amide bonds. The molecule has 7 nitrogen and oxygen atoms in total. The van der Waals surface area contributed by atoms with E-state index in [-0.39, 0.29) is 17.6 Å². The Bertz CT molecular complexity index is 739. The van der Waals surface area contributed by atoms with Gasteiger partial charge in [-0.05, 0) is 36.6 Å². The van der Waals surface area contributed by atoms with Crippen LogP contribution in [0.15, 0.2) is 36.7 Å². The van der Waals surface area contributed by atoms with Crippen LogP contribution in [0.3, 0.4) is 0 Å². The number of hydrogen-bond donors (Lipinski definition) is 2. The van der Waals surface area contributed by atoms with Crippen LogP contribution in [0.1, 0.15) is 33.9 Å². The Labute approximate surface area is 139 Å². The van der Waals surface area contributed by atoms with Crippen molar-refractivity contribution in [2.75, 3.05) is 13.1 Å². The fourth-order valence-electron chi connectivity index (χ4n) is 2.83. The molecule has 1 aromatic heterocycles. The van der Waals surface area contributed by atoms with E-state index in [1.807, 2.05) is 24.0 Å². The van der Waals surface area contributed by atoms with Crippen molar-refractivity contribution in [2.24, 2.45) is 0 Å². The van der Waals surface area contributed by atoms with Crippen LogP contribution < -0.4 is 5.32 Å². The third kappa shape index (κ3) is 3.56. The SMILES string of the molecule is Cc1cnn(C2CCN(C(=O)NCc3ccc(C(=O)O)cc3)C2)c1. The molecule has 1 saturated heterocycles. The summed E-state index contributed by atoms with van der Waals surface area (Å²) in [5, 5.41) is 16.1. The van der Waals surface area contributed by atoms with Gasteiger partial charge in [-0.3, -0.25) is 4.68 Å². The molecule has 7 heteroatoms. The zero-order chi connectivity index (χ0) is 17.1. The molecule has 0 bridgehead atoms. The van der Waals surface area contributed by atoms with E-state index < -0.39 is 5.97 Å². The van der Waals surface area contributed by atoms with Crippen molar-refractivity contribution in [2.45, 2.75) is 25.9 Å². The summed E-state index contributed by atoms with van der Waals surface area (Å²) in [5.41, 5.74) is 2.22. The first-order valence-corrected chi connectivity index (χ1v) is 7.88. The second-order valence-electron chi connectivity index (χ2n) is 6.05. The molecule has 1 fully saturated rings. The smallest absolute Gasteiger partial charge is 0.335 e. The van der Waals surface area contributed by atoms with Crippen LogP contribution in [0.25, 0.3) is 0 Å². The average molecular weight is 328 g/mol. The molecule has 2 N–H and O–H groups in total. The molecular weight excluding hydrogens is 308 g/mol. The van der Waals surface area contributed by atoms with E-state index in [9.17, 15) is 9.59 Å². The van der Waals surface area contributed by atoms with Crippen LogP contribution >= 0.6 is 0 Å². The number of carbonyl (C=O) groups is 2. The minimum absolute atomic E-state index is 0.108. The van der Waals surface area contributed by atoms with E-state index in [1.54, 1.807) is 17.0 Å². The number of aryl methyl sites for hydroxylation is 1. The van der Waals surface area contributed by atoms with Gasteiger partial charge in [-0.1, -0.05) is 12.1 Å². The number of carboxylic acid groups (broad SMARTS) is 1. The molecule has 2 heterocycles. The summed E-state index contributed by atoms with van der Waals surface area (Å²) >= 11 is 0. The fourth-order valence-corrected chi connectivity index (χ4v) is 2.83. The number of aromatic nitrogens is 2. The molecule has 1 aliphatic rings. The maximum atomic E-state index is 12.3. The van der Waals surface area contributed by atoms with E-state index in [4.69, 9.17) is 5.11 Å². The Balaban J connectivity index is 1.51. The summed E-state index contributed by atoms with van der Waals surface area (Å²) in [6.45, 7) is 3.72. The minimum Gasteiger partial charge on any atom is -0.478 e. The predicted molar refractivity (Wildman–Crippen MR) is 87.8 cm³/mol. The van der Waals surface area contributed by atoms with Gasteiger partial charge in [0.15, 0.2) is 0 Å². The molecule has 1 aromatic carbocycles. The number of nitrogens with one attached hydrogen (secondary N) is 1. The first-order chi connectivity index (χ1) is 11.5. The number of hydrogen-bond acceptors (Lipinski definition) is 3. The summed E-state index contributed by atoms with van der Waals surface area (Å²) in [7, 11) is 0. The molecule has 0 spiro atoms. The monoisotopic (exact) mass is 328 g/mol. The summed E-state index contributed by atoms with van der Waals surface area (Å²) in [6, 6.07) is 6.61. The third-order valence-corrected chi connectivity index (χ3v) is 4.20. The normalized spacial score (nSPS) is 17.0. The van der Waals surface area contributed by atoms with Gasteiger partial charge in [-0.15, -0.1) is 0 Å². The highest BCUT2D eigenvalue weighted by atomic mass is 16.4. The molecule has 1 atom stereocenters. The first-order valence-electron chi connectivity index (χ1n) is 7.88. The van der Waals surface area contributed by atoms with Crippen molar-refractivity contribution >= 4 is 12.0 Å². The summed E-state index contributed by atoms with van der Waals surface area (Å²) in [4.78, 5) is 24.9. The fraction of sp³-hybridized carbons (Fsp3) is 0.353. The van der Waals surface area contributed by atoms with Crippen LogP contribution in [-0.4, -0.2) is 44.9 Å². The Morgan fingerprint density at radius 3 is 2.71 bits per heavy atom. The Kier molecular flexibility index (Phi) is 4.50. The quantitative estimate of drug-likeness (QED) is 0.899. The van der Waals surface area contributed by atoms with E-state index in [2.05, 4.69) is 10.4 Å². The number of amides is 2. The van der Waals surface area contributed by atoms with Gasteiger partial charge in [0, 0.05) is 25.8 Å². The largest absolute Gasteiger partial charge is 0.478 e. The summed E-state index contributed by atoms with van der Waals surface area (Å²) in [5.74, 6) is -0.956. The number of benzene rings is 1. The van der Waals surface area contributed by atoms with Gasteiger partial charge in [-0.2, -0.15) is 5.10 Å². The molecule has 1 unspecified atom stereocenters. The summed E-state index contributed by atoms with van der Waals surface area (Å²) in [6.07, 6.45) is 4.71. The van der Waals surface area contributed by atoms with E-state index in [1.165, 1.54) is 12.1 Å². The lowest BCUT2D eigenvalue weighted by Gasteiger charge is -2.17. The topological polar surface area (TPSA) is 87.5 Å². The van der Waals surface area contributed by atoms with Crippen molar-refractivity contribution in [3.05, 3.63) is 53.3 Å². The van der Waals surface area contributed by atoms with E-state index >= 15 is 0 Å². The average Bonchev–Trinajstić information content (AvgIpc) is 3.22. The molecular formula is C17H20N4O3. The van der Waals surface area contributed by atoms with Gasteiger partial charge < -0.3 is 15.3 Å². The number of nitrogens with zero attached hydrogens (tertiary/aromatic N) is 3. The van der Waals surface area contributed by atoms with Gasteiger partial charge in [-0.25, -0.2) is 9.59 Å². The molecule has 2 aromatic rings. The number of urea groups is 1. The zero-order valence-electron chi connectivity index (χ0n) is 13.5. The van der Waals surface area contributed by atoms with Crippen molar-refractivity contribution in [3.8, 4) is 0 Å². The Morgan fingerprint density at radius 1 is 1.33 bits per heavy atom. The Morgan fingerprint density at radius 2 is 2.08 bits per heavy atom. The highest BCUT2D eigenvalue weighted by Crippen LogP contribution is 2.21. The molecule has 126 valence electrons. The van der Waals surface area contributed by atoms with E-state index in [0.29, 0.717) is 19.6 Å². The third-order valence-electron chi connectivity index (χ3n) is 4.20. The molecule has 1 aliphatic heterocycles. The van der Waals surface area contributed by atoms with Crippen LogP contribution in [0.4, 0.5) is 4.79 Å². The summed E-state index contributed by atoms with van der Waals surface area (Å²) < 4.78 is 1.92. The van der Waals surface area contributed by atoms with Crippen LogP contribution in [0, 0.1) is 6.92 Å². The standard InChI is InChI=1S/C17H20N4O3/c1-12-8-19-21(10-12)15-6-7-20(11-15)17(24)18-9-13-2-4-14(5-3-13)16(22)23/h2-5,8,10,15H,6-7,9,11H2,1H3,(H,18,24)(H,22,23). The number of likely N-dealkylation sites (tertiary alicyclic amines) is 1.